The second-order valence-electron chi connectivity index (χ2n) is 8.39. The van der Waals surface area contributed by atoms with Crippen molar-refractivity contribution in [3.05, 3.63) is 58.7 Å². The second kappa shape index (κ2) is 8.00. The van der Waals surface area contributed by atoms with Crippen LogP contribution in [0.3, 0.4) is 0 Å². The number of aromatic nitrogens is 2. The van der Waals surface area contributed by atoms with Gasteiger partial charge in [0.2, 0.25) is 0 Å². The van der Waals surface area contributed by atoms with Crippen LogP contribution < -0.4 is 0 Å². The predicted octanol–water partition coefficient (Wildman–Crippen LogP) is 3.22. The molecule has 5 heteroatoms. The summed E-state index contributed by atoms with van der Waals surface area (Å²) in [5.74, 6) is 1.14. The lowest BCUT2D eigenvalue weighted by molar-refractivity contribution is 0.0756. The first-order valence-electron chi connectivity index (χ1n) is 10.5. The fourth-order valence-corrected chi connectivity index (χ4v) is 4.44. The van der Waals surface area contributed by atoms with E-state index in [4.69, 9.17) is 0 Å². The number of nitrogens with zero attached hydrogens (tertiary/aromatic N) is 4. The highest BCUT2D eigenvalue weighted by molar-refractivity contribution is 5.95. The molecule has 1 amide bonds. The molecule has 1 saturated heterocycles. The Morgan fingerprint density at radius 3 is 2.43 bits per heavy atom. The van der Waals surface area contributed by atoms with E-state index in [0.29, 0.717) is 11.6 Å². The van der Waals surface area contributed by atoms with E-state index in [1.807, 2.05) is 11.8 Å². The Kier molecular flexibility index (Phi) is 5.44. The molecule has 2 aliphatic rings. The minimum absolute atomic E-state index is 0.0735. The van der Waals surface area contributed by atoms with E-state index in [1.54, 1.807) is 6.20 Å². The van der Waals surface area contributed by atoms with Gasteiger partial charge in [-0.1, -0.05) is 38.1 Å². The number of fused-ring (bicyclic) bond motifs is 1. The van der Waals surface area contributed by atoms with Gasteiger partial charge in [0.1, 0.15) is 5.82 Å². The molecule has 0 bridgehead atoms. The Balaban J connectivity index is 1.41. The SMILES string of the molecule is Cc1nc(C(C)C)ncc1C(=O)N1CCCN(C2Cc3ccccc3C2)CC1. The van der Waals surface area contributed by atoms with E-state index >= 15 is 0 Å². The summed E-state index contributed by atoms with van der Waals surface area (Å²) < 4.78 is 0. The average molecular weight is 379 g/mol. The molecule has 148 valence electrons. The normalized spacial score (nSPS) is 18.4. The van der Waals surface area contributed by atoms with Crippen molar-refractivity contribution in [1.82, 2.24) is 19.8 Å². The van der Waals surface area contributed by atoms with Gasteiger partial charge in [-0.15, -0.1) is 0 Å². The zero-order valence-corrected chi connectivity index (χ0v) is 17.2. The molecule has 1 aliphatic carbocycles. The minimum atomic E-state index is 0.0735. The number of rotatable bonds is 3. The Hall–Kier alpha value is -2.27. The molecule has 1 fully saturated rings. The first-order chi connectivity index (χ1) is 13.5. The monoisotopic (exact) mass is 378 g/mol. The molecule has 0 saturated carbocycles. The number of amides is 1. The van der Waals surface area contributed by atoms with Gasteiger partial charge >= 0.3 is 0 Å². The second-order valence-corrected chi connectivity index (χ2v) is 8.39. The highest BCUT2D eigenvalue weighted by Crippen LogP contribution is 2.26. The van der Waals surface area contributed by atoms with Crippen molar-refractivity contribution < 1.29 is 4.79 Å². The molecule has 28 heavy (non-hydrogen) atoms. The van der Waals surface area contributed by atoms with Gasteiger partial charge < -0.3 is 4.90 Å². The fraction of sp³-hybridized carbons (Fsp3) is 0.522. The molecule has 1 aromatic heterocycles. The molecule has 0 radical (unpaired) electrons. The van der Waals surface area contributed by atoms with Crippen LogP contribution in [0.1, 0.15) is 59.2 Å². The number of carbonyl (C=O) groups excluding carboxylic acids is 1. The number of benzene rings is 1. The third-order valence-electron chi connectivity index (χ3n) is 6.11. The van der Waals surface area contributed by atoms with Crippen LogP contribution >= 0.6 is 0 Å². The van der Waals surface area contributed by atoms with Gasteiger partial charge in [0.05, 0.1) is 11.3 Å². The van der Waals surface area contributed by atoms with Crippen LogP contribution in [0.5, 0.6) is 0 Å². The Morgan fingerprint density at radius 1 is 1.07 bits per heavy atom. The summed E-state index contributed by atoms with van der Waals surface area (Å²) in [7, 11) is 0. The van der Waals surface area contributed by atoms with E-state index in [2.05, 4.69) is 53.0 Å². The van der Waals surface area contributed by atoms with Crippen molar-refractivity contribution in [1.29, 1.82) is 0 Å². The van der Waals surface area contributed by atoms with Gasteiger partial charge in [-0.25, -0.2) is 9.97 Å². The number of hydrogen-bond donors (Lipinski definition) is 0. The van der Waals surface area contributed by atoms with Crippen molar-refractivity contribution in [2.45, 2.75) is 52.0 Å². The van der Waals surface area contributed by atoms with E-state index in [1.165, 1.54) is 11.1 Å². The third-order valence-corrected chi connectivity index (χ3v) is 6.11. The Bertz CT molecular complexity index is 838. The number of carbonyl (C=O) groups is 1. The third kappa shape index (κ3) is 3.81. The van der Waals surface area contributed by atoms with E-state index in [9.17, 15) is 4.79 Å². The summed E-state index contributed by atoms with van der Waals surface area (Å²) in [5.41, 5.74) is 4.41. The number of aryl methyl sites for hydroxylation is 1. The largest absolute Gasteiger partial charge is 0.337 e. The smallest absolute Gasteiger partial charge is 0.257 e. The summed E-state index contributed by atoms with van der Waals surface area (Å²) in [4.78, 5) is 26.6. The fourth-order valence-electron chi connectivity index (χ4n) is 4.44. The maximum absolute atomic E-state index is 13.1. The van der Waals surface area contributed by atoms with E-state index in [-0.39, 0.29) is 11.8 Å². The zero-order chi connectivity index (χ0) is 19.7. The number of hydrogen-bond acceptors (Lipinski definition) is 4. The summed E-state index contributed by atoms with van der Waals surface area (Å²) in [6.45, 7) is 9.64. The Labute approximate surface area is 167 Å². The van der Waals surface area contributed by atoms with Crippen molar-refractivity contribution in [3.8, 4) is 0 Å². The van der Waals surface area contributed by atoms with Crippen LogP contribution in [-0.2, 0) is 12.8 Å². The van der Waals surface area contributed by atoms with Gasteiger partial charge in [0, 0.05) is 44.3 Å². The summed E-state index contributed by atoms with van der Waals surface area (Å²) >= 11 is 0. The van der Waals surface area contributed by atoms with Crippen LogP contribution in [0, 0.1) is 6.92 Å². The summed E-state index contributed by atoms with van der Waals surface area (Å²) in [6, 6.07) is 9.36. The molecular formula is C23H30N4O. The lowest BCUT2D eigenvalue weighted by atomic mass is 10.1. The van der Waals surface area contributed by atoms with Crippen molar-refractivity contribution in [3.63, 3.8) is 0 Å². The van der Waals surface area contributed by atoms with E-state index in [0.717, 1.165) is 57.0 Å². The molecule has 4 rings (SSSR count). The van der Waals surface area contributed by atoms with E-state index < -0.39 is 0 Å². The van der Waals surface area contributed by atoms with Gasteiger partial charge in [-0.3, -0.25) is 9.69 Å². The predicted molar refractivity (Wildman–Crippen MR) is 111 cm³/mol. The Morgan fingerprint density at radius 2 is 1.79 bits per heavy atom. The topological polar surface area (TPSA) is 49.3 Å². The molecule has 1 aliphatic heterocycles. The van der Waals surface area contributed by atoms with Crippen LogP contribution in [-0.4, -0.2) is 57.9 Å². The van der Waals surface area contributed by atoms with Crippen LogP contribution in [0.2, 0.25) is 0 Å². The quantitative estimate of drug-likeness (QED) is 0.823. The molecule has 0 spiro atoms. The van der Waals surface area contributed by atoms with Gasteiger partial charge in [0.15, 0.2) is 0 Å². The standard InChI is InChI=1S/C23H30N4O/c1-16(2)22-24-15-21(17(3)25-22)23(28)27-10-6-9-26(11-12-27)20-13-18-7-4-5-8-19(18)14-20/h4-5,7-8,15-16,20H,6,9-14H2,1-3H3. The molecule has 0 N–H and O–H groups in total. The van der Waals surface area contributed by atoms with Gasteiger partial charge in [-0.2, -0.15) is 0 Å². The van der Waals surface area contributed by atoms with Crippen molar-refractivity contribution >= 4 is 5.91 Å². The molecule has 0 atom stereocenters. The lowest BCUT2D eigenvalue weighted by Gasteiger charge is -2.27. The van der Waals surface area contributed by atoms with Crippen molar-refractivity contribution in [2.75, 3.05) is 26.2 Å². The minimum Gasteiger partial charge on any atom is -0.337 e. The average Bonchev–Trinajstić information content (AvgIpc) is 2.96. The molecule has 2 aromatic rings. The molecule has 2 heterocycles. The first kappa shape index (κ1) is 19.1. The molecular weight excluding hydrogens is 348 g/mol. The zero-order valence-electron chi connectivity index (χ0n) is 17.2. The van der Waals surface area contributed by atoms with Crippen LogP contribution in [0.25, 0.3) is 0 Å². The highest BCUT2D eigenvalue weighted by Gasteiger charge is 2.29. The van der Waals surface area contributed by atoms with Gasteiger partial charge in [-0.05, 0) is 37.3 Å². The molecule has 5 nitrogen and oxygen atoms in total. The maximum atomic E-state index is 13.1. The van der Waals surface area contributed by atoms with Gasteiger partial charge in [0.25, 0.3) is 5.91 Å². The van der Waals surface area contributed by atoms with Crippen LogP contribution in [0.4, 0.5) is 0 Å². The summed E-state index contributed by atoms with van der Waals surface area (Å²) in [6.07, 6.45) is 5.00. The highest BCUT2D eigenvalue weighted by atomic mass is 16.2. The lowest BCUT2D eigenvalue weighted by Crippen LogP contribution is -2.40. The first-order valence-corrected chi connectivity index (χ1v) is 10.5. The van der Waals surface area contributed by atoms with Crippen molar-refractivity contribution in [2.24, 2.45) is 0 Å². The molecule has 0 unspecified atom stereocenters. The van der Waals surface area contributed by atoms with Crippen LogP contribution in [0.15, 0.2) is 30.5 Å². The molecule has 1 aromatic carbocycles. The maximum Gasteiger partial charge on any atom is 0.257 e. The summed E-state index contributed by atoms with van der Waals surface area (Å²) in [5, 5.41) is 0.